The Hall–Kier alpha value is -1.69. The molecule has 1 fully saturated rings. The summed E-state index contributed by atoms with van der Waals surface area (Å²) in [5.74, 6) is 0.427. The van der Waals surface area contributed by atoms with Crippen LogP contribution >= 0.6 is 0 Å². The molecule has 6 heteroatoms. The molecule has 19 heavy (non-hydrogen) atoms. The van der Waals surface area contributed by atoms with Crippen LogP contribution in [-0.2, 0) is 0 Å². The fourth-order valence-electron chi connectivity index (χ4n) is 2.24. The number of aromatic nitrogens is 2. The highest BCUT2D eigenvalue weighted by Gasteiger charge is 2.18. The number of nitrogens with zero attached hydrogens (tertiary/aromatic N) is 3. The lowest BCUT2D eigenvalue weighted by atomic mass is 10.3. The fourth-order valence-corrected chi connectivity index (χ4v) is 2.24. The van der Waals surface area contributed by atoms with Gasteiger partial charge < -0.3 is 10.6 Å². The van der Waals surface area contributed by atoms with Crippen LogP contribution in [0.1, 0.15) is 30.3 Å². The molecule has 0 bridgehead atoms. The molecule has 2 rings (SSSR count). The molecule has 1 aromatic rings. The van der Waals surface area contributed by atoms with E-state index in [4.69, 9.17) is 0 Å². The second-order valence-electron chi connectivity index (χ2n) is 4.84. The van der Waals surface area contributed by atoms with Gasteiger partial charge in [-0.2, -0.15) is 0 Å². The highest BCUT2D eigenvalue weighted by Crippen LogP contribution is 2.10. The van der Waals surface area contributed by atoms with Gasteiger partial charge in [-0.1, -0.05) is 0 Å². The summed E-state index contributed by atoms with van der Waals surface area (Å²) < 4.78 is 0. The Morgan fingerprint density at radius 3 is 2.84 bits per heavy atom. The Morgan fingerprint density at radius 2 is 2.16 bits per heavy atom. The number of amides is 1. The van der Waals surface area contributed by atoms with Crippen LogP contribution in [0.2, 0.25) is 0 Å². The number of carbonyl (C=O) groups excluding carboxylic acids is 1. The Morgan fingerprint density at radius 1 is 1.42 bits per heavy atom. The molecule has 1 aliphatic rings. The maximum atomic E-state index is 12.0. The van der Waals surface area contributed by atoms with E-state index in [0.717, 1.165) is 13.1 Å². The molecule has 0 radical (unpaired) electrons. The highest BCUT2D eigenvalue weighted by molar-refractivity contribution is 5.92. The maximum absolute atomic E-state index is 12.0. The summed E-state index contributed by atoms with van der Waals surface area (Å²) in [5, 5.41) is 5.79. The quantitative estimate of drug-likeness (QED) is 0.819. The Labute approximate surface area is 113 Å². The topological polar surface area (TPSA) is 70.2 Å². The molecule has 1 saturated heterocycles. The average molecular weight is 263 g/mol. The largest absolute Gasteiger partial charge is 0.372 e. The molecule has 6 nitrogen and oxygen atoms in total. The van der Waals surface area contributed by atoms with E-state index in [9.17, 15) is 4.79 Å². The van der Waals surface area contributed by atoms with E-state index < -0.39 is 0 Å². The first-order valence-electron chi connectivity index (χ1n) is 6.72. The lowest BCUT2D eigenvalue weighted by molar-refractivity contribution is 0.0935. The summed E-state index contributed by atoms with van der Waals surface area (Å²) in [7, 11) is 1.75. The molecule has 0 spiro atoms. The van der Waals surface area contributed by atoms with Crippen molar-refractivity contribution in [2.24, 2.45) is 0 Å². The van der Waals surface area contributed by atoms with E-state index in [0.29, 0.717) is 24.1 Å². The lowest BCUT2D eigenvalue weighted by Gasteiger charge is -2.23. The van der Waals surface area contributed by atoms with Crippen LogP contribution in [-0.4, -0.2) is 53.5 Å². The summed E-state index contributed by atoms with van der Waals surface area (Å²) in [6, 6.07) is 0.367. The first kappa shape index (κ1) is 13.7. The molecule has 0 aromatic carbocycles. The first-order chi connectivity index (χ1) is 9.20. The SMILES string of the molecule is CNc1cncc(C(=O)NCC(C)N2CCCC2)n1. The molecule has 1 aromatic heterocycles. The molecule has 2 N–H and O–H groups in total. The molecule has 1 unspecified atom stereocenters. The fraction of sp³-hybridized carbons (Fsp3) is 0.615. The molecule has 1 atom stereocenters. The van der Waals surface area contributed by atoms with Crippen LogP contribution in [0.4, 0.5) is 5.82 Å². The van der Waals surface area contributed by atoms with Crippen LogP contribution in [0, 0.1) is 0 Å². The van der Waals surface area contributed by atoms with Gasteiger partial charge in [-0.05, 0) is 32.9 Å². The van der Waals surface area contributed by atoms with Crippen molar-refractivity contribution in [1.82, 2.24) is 20.2 Å². The van der Waals surface area contributed by atoms with Gasteiger partial charge in [0.05, 0.1) is 12.4 Å². The van der Waals surface area contributed by atoms with Gasteiger partial charge in [0.15, 0.2) is 0 Å². The van der Waals surface area contributed by atoms with Gasteiger partial charge in [-0.3, -0.25) is 14.7 Å². The third-order valence-corrected chi connectivity index (χ3v) is 3.45. The van der Waals surface area contributed by atoms with E-state index in [1.807, 2.05) is 0 Å². The Kier molecular flexibility index (Phi) is 4.68. The Balaban J connectivity index is 1.86. The van der Waals surface area contributed by atoms with Gasteiger partial charge >= 0.3 is 0 Å². The van der Waals surface area contributed by atoms with E-state index >= 15 is 0 Å². The van der Waals surface area contributed by atoms with Gasteiger partial charge in [0, 0.05) is 19.6 Å². The predicted molar refractivity (Wildman–Crippen MR) is 74.2 cm³/mol. The normalized spacial score (nSPS) is 17.2. The van der Waals surface area contributed by atoms with Crippen LogP contribution in [0.3, 0.4) is 0 Å². The number of hydrogen-bond donors (Lipinski definition) is 2. The monoisotopic (exact) mass is 263 g/mol. The maximum Gasteiger partial charge on any atom is 0.271 e. The Bertz CT molecular complexity index is 431. The van der Waals surface area contributed by atoms with E-state index in [1.165, 1.54) is 19.0 Å². The van der Waals surface area contributed by atoms with Crippen molar-refractivity contribution in [3.63, 3.8) is 0 Å². The predicted octanol–water partition coefficient (Wildman–Crippen LogP) is 0.732. The molecule has 0 aliphatic carbocycles. The van der Waals surface area contributed by atoms with Gasteiger partial charge in [0.2, 0.25) is 0 Å². The smallest absolute Gasteiger partial charge is 0.271 e. The minimum atomic E-state index is -0.171. The minimum Gasteiger partial charge on any atom is -0.372 e. The highest BCUT2D eigenvalue weighted by atomic mass is 16.1. The van der Waals surface area contributed by atoms with Gasteiger partial charge in [0.1, 0.15) is 11.5 Å². The van der Waals surface area contributed by atoms with Crippen LogP contribution in [0.5, 0.6) is 0 Å². The number of likely N-dealkylation sites (tertiary alicyclic amines) is 1. The second kappa shape index (κ2) is 6.47. The van der Waals surface area contributed by atoms with Crippen molar-refractivity contribution in [2.75, 3.05) is 32.0 Å². The minimum absolute atomic E-state index is 0.171. The number of carbonyl (C=O) groups is 1. The molecule has 2 heterocycles. The van der Waals surface area contributed by atoms with Crippen molar-refractivity contribution in [2.45, 2.75) is 25.8 Å². The van der Waals surface area contributed by atoms with Crippen molar-refractivity contribution in [1.29, 1.82) is 0 Å². The summed E-state index contributed by atoms with van der Waals surface area (Å²) in [5.41, 5.74) is 0.348. The molecule has 1 amide bonds. The molecular weight excluding hydrogens is 242 g/mol. The third-order valence-electron chi connectivity index (χ3n) is 3.45. The van der Waals surface area contributed by atoms with Gasteiger partial charge in [-0.25, -0.2) is 4.98 Å². The number of hydrogen-bond acceptors (Lipinski definition) is 5. The van der Waals surface area contributed by atoms with E-state index in [-0.39, 0.29) is 5.91 Å². The second-order valence-corrected chi connectivity index (χ2v) is 4.84. The summed E-state index contributed by atoms with van der Waals surface area (Å²) >= 11 is 0. The summed E-state index contributed by atoms with van der Waals surface area (Å²) in [6.45, 7) is 5.05. The van der Waals surface area contributed by atoms with Crippen LogP contribution in [0.25, 0.3) is 0 Å². The first-order valence-corrected chi connectivity index (χ1v) is 6.72. The number of rotatable bonds is 5. The third kappa shape index (κ3) is 3.64. The summed E-state index contributed by atoms with van der Waals surface area (Å²) in [6.07, 6.45) is 5.59. The van der Waals surface area contributed by atoms with E-state index in [1.54, 1.807) is 13.2 Å². The average Bonchev–Trinajstić information content (AvgIpc) is 2.98. The molecule has 1 aliphatic heterocycles. The van der Waals surface area contributed by atoms with Gasteiger partial charge in [-0.15, -0.1) is 0 Å². The zero-order chi connectivity index (χ0) is 13.7. The van der Waals surface area contributed by atoms with Gasteiger partial charge in [0.25, 0.3) is 5.91 Å². The van der Waals surface area contributed by atoms with Crippen molar-refractivity contribution < 1.29 is 4.79 Å². The van der Waals surface area contributed by atoms with Crippen molar-refractivity contribution in [3.05, 3.63) is 18.1 Å². The van der Waals surface area contributed by atoms with Crippen LogP contribution in [0.15, 0.2) is 12.4 Å². The molecule has 104 valence electrons. The summed E-state index contributed by atoms with van der Waals surface area (Å²) in [4.78, 5) is 22.5. The zero-order valence-electron chi connectivity index (χ0n) is 11.5. The molecule has 0 saturated carbocycles. The standard InChI is InChI=1S/C13H21N5O/c1-10(18-5-3-4-6-18)7-16-13(19)11-8-15-9-12(14-2)17-11/h8-10H,3-7H2,1-2H3,(H,14,17)(H,16,19). The van der Waals surface area contributed by atoms with E-state index in [2.05, 4.69) is 32.4 Å². The van der Waals surface area contributed by atoms with Crippen molar-refractivity contribution in [3.8, 4) is 0 Å². The van der Waals surface area contributed by atoms with Crippen molar-refractivity contribution >= 4 is 11.7 Å². The number of anilines is 1. The molecular formula is C13H21N5O. The van der Waals surface area contributed by atoms with Crippen LogP contribution < -0.4 is 10.6 Å². The lowest BCUT2D eigenvalue weighted by Crippen LogP contribution is -2.40. The zero-order valence-corrected chi connectivity index (χ0v) is 11.5. The number of nitrogens with one attached hydrogen (secondary N) is 2.